The van der Waals surface area contributed by atoms with E-state index in [4.69, 9.17) is 10.5 Å². The van der Waals surface area contributed by atoms with Crippen LogP contribution in [0.3, 0.4) is 0 Å². The number of primary amides is 1. The van der Waals surface area contributed by atoms with Gasteiger partial charge in [-0.15, -0.1) is 11.3 Å². The van der Waals surface area contributed by atoms with Crippen molar-refractivity contribution in [1.82, 2.24) is 9.88 Å². The van der Waals surface area contributed by atoms with E-state index in [1.54, 1.807) is 18.4 Å². The second kappa shape index (κ2) is 8.45. The molecule has 1 atom stereocenters. The molecular formula is C19H25N3O2S. The molecule has 0 saturated carbocycles. The summed E-state index contributed by atoms with van der Waals surface area (Å²) in [6.07, 6.45) is 5.75. The molecule has 1 aliphatic heterocycles. The normalized spacial score (nSPS) is 18.2. The number of likely N-dealkylation sites (tertiary alicyclic amines) is 1. The van der Waals surface area contributed by atoms with Crippen LogP contribution < -0.4 is 10.5 Å². The van der Waals surface area contributed by atoms with E-state index >= 15 is 0 Å². The van der Waals surface area contributed by atoms with Gasteiger partial charge in [0.05, 0.1) is 12.7 Å². The van der Waals surface area contributed by atoms with Gasteiger partial charge in [0.15, 0.2) is 0 Å². The monoisotopic (exact) mass is 359 g/mol. The van der Waals surface area contributed by atoms with Gasteiger partial charge in [-0.25, -0.2) is 4.98 Å². The lowest BCUT2D eigenvalue weighted by atomic mass is 9.93. The lowest BCUT2D eigenvalue weighted by Crippen LogP contribution is -2.35. The van der Waals surface area contributed by atoms with Crippen LogP contribution in [0.25, 0.3) is 10.6 Å². The number of amides is 1. The summed E-state index contributed by atoms with van der Waals surface area (Å²) in [5, 5.41) is 0.995. The van der Waals surface area contributed by atoms with Crippen molar-refractivity contribution in [3.8, 4) is 16.3 Å². The third-order valence-corrected chi connectivity index (χ3v) is 5.69. The highest BCUT2D eigenvalue weighted by molar-refractivity contribution is 7.15. The molecule has 2 heterocycles. The first-order valence-electron chi connectivity index (χ1n) is 8.74. The van der Waals surface area contributed by atoms with Crippen LogP contribution in [0.1, 0.15) is 30.6 Å². The van der Waals surface area contributed by atoms with E-state index in [1.165, 1.54) is 17.7 Å². The number of thiazole rings is 1. The number of hydrogen-bond donors (Lipinski definition) is 1. The number of carbonyl (C=O) groups is 1. The van der Waals surface area contributed by atoms with Crippen LogP contribution in [-0.2, 0) is 11.3 Å². The van der Waals surface area contributed by atoms with Crippen molar-refractivity contribution in [3.63, 3.8) is 0 Å². The maximum Gasteiger partial charge on any atom is 0.217 e. The third-order valence-electron chi connectivity index (χ3n) is 4.67. The number of methoxy groups -OCH3 is 1. The van der Waals surface area contributed by atoms with E-state index < -0.39 is 0 Å². The number of rotatable bonds is 7. The molecular weight excluding hydrogens is 334 g/mol. The van der Waals surface area contributed by atoms with Crippen LogP contribution in [0.4, 0.5) is 0 Å². The van der Waals surface area contributed by atoms with E-state index in [1.807, 2.05) is 30.5 Å². The molecule has 1 aromatic heterocycles. The smallest absolute Gasteiger partial charge is 0.217 e. The number of aromatic nitrogens is 1. The average molecular weight is 359 g/mol. The molecule has 0 spiro atoms. The van der Waals surface area contributed by atoms with Gasteiger partial charge < -0.3 is 10.5 Å². The molecule has 0 radical (unpaired) electrons. The van der Waals surface area contributed by atoms with E-state index in [2.05, 4.69) is 9.88 Å². The molecule has 134 valence electrons. The number of carbonyl (C=O) groups excluding carboxylic acids is 1. The van der Waals surface area contributed by atoms with Gasteiger partial charge in [-0.2, -0.15) is 0 Å². The predicted octanol–water partition coefficient (Wildman–Crippen LogP) is 3.30. The number of piperidine rings is 1. The first-order chi connectivity index (χ1) is 12.2. The maximum atomic E-state index is 11.0. The van der Waals surface area contributed by atoms with E-state index in [0.29, 0.717) is 12.3 Å². The minimum absolute atomic E-state index is 0.193. The topological polar surface area (TPSA) is 68.4 Å². The van der Waals surface area contributed by atoms with Crippen LogP contribution in [0, 0.1) is 5.92 Å². The van der Waals surface area contributed by atoms with Crippen molar-refractivity contribution in [3.05, 3.63) is 35.3 Å². The Morgan fingerprint density at radius 2 is 2.28 bits per heavy atom. The number of hydrogen-bond acceptors (Lipinski definition) is 5. The van der Waals surface area contributed by atoms with Crippen molar-refractivity contribution in [2.24, 2.45) is 11.7 Å². The Kier molecular flexibility index (Phi) is 6.04. The SMILES string of the molecule is COc1ccccc1-c1ncc(CN2CCC[C@@H](CCC(N)=O)C2)s1. The van der Waals surface area contributed by atoms with Crippen LogP contribution in [0.5, 0.6) is 5.75 Å². The Bertz CT molecular complexity index is 716. The summed E-state index contributed by atoms with van der Waals surface area (Å²) in [5.74, 6) is 1.23. The summed E-state index contributed by atoms with van der Waals surface area (Å²) in [7, 11) is 1.69. The number of para-hydroxylation sites is 1. The fraction of sp³-hybridized carbons (Fsp3) is 0.474. The zero-order valence-electron chi connectivity index (χ0n) is 14.6. The first kappa shape index (κ1) is 17.9. The largest absolute Gasteiger partial charge is 0.496 e. The second-order valence-corrected chi connectivity index (χ2v) is 7.70. The summed E-state index contributed by atoms with van der Waals surface area (Å²) in [5.41, 5.74) is 6.32. The highest BCUT2D eigenvalue weighted by Crippen LogP contribution is 2.33. The zero-order valence-corrected chi connectivity index (χ0v) is 15.4. The molecule has 2 N–H and O–H groups in total. The lowest BCUT2D eigenvalue weighted by molar-refractivity contribution is -0.118. The highest BCUT2D eigenvalue weighted by Gasteiger charge is 2.21. The number of ether oxygens (including phenoxy) is 1. The molecule has 0 aliphatic carbocycles. The molecule has 1 aliphatic rings. The van der Waals surface area contributed by atoms with Crippen molar-refractivity contribution in [2.45, 2.75) is 32.2 Å². The number of nitrogens with zero attached hydrogens (tertiary/aromatic N) is 2. The Balaban J connectivity index is 1.62. The van der Waals surface area contributed by atoms with Crippen molar-refractivity contribution in [1.29, 1.82) is 0 Å². The molecule has 0 unspecified atom stereocenters. The van der Waals surface area contributed by atoms with Gasteiger partial charge in [-0.3, -0.25) is 9.69 Å². The summed E-state index contributed by atoms with van der Waals surface area (Å²) in [4.78, 5) is 19.3. The van der Waals surface area contributed by atoms with Crippen LogP contribution in [-0.4, -0.2) is 36.0 Å². The van der Waals surface area contributed by atoms with Gasteiger partial charge in [-0.05, 0) is 43.9 Å². The Hall–Kier alpha value is -1.92. The van der Waals surface area contributed by atoms with Crippen molar-refractivity contribution >= 4 is 17.2 Å². The molecule has 3 rings (SSSR count). The quantitative estimate of drug-likeness (QED) is 0.823. The molecule has 5 nitrogen and oxygen atoms in total. The Morgan fingerprint density at radius 1 is 1.44 bits per heavy atom. The molecule has 2 aromatic rings. The average Bonchev–Trinajstić information content (AvgIpc) is 3.08. The molecule has 6 heteroatoms. The molecule has 1 fully saturated rings. The minimum Gasteiger partial charge on any atom is -0.496 e. The summed E-state index contributed by atoms with van der Waals surface area (Å²) in [6, 6.07) is 7.98. The van der Waals surface area contributed by atoms with Crippen molar-refractivity contribution in [2.75, 3.05) is 20.2 Å². The second-order valence-electron chi connectivity index (χ2n) is 6.58. The molecule has 1 amide bonds. The molecule has 1 saturated heterocycles. The highest BCUT2D eigenvalue weighted by atomic mass is 32.1. The maximum absolute atomic E-state index is 11.0. The fourth-order valence-electron chi connectivity index (χ4n) is 3.42. The van der Waals surface area contributed by atoms with E-state index in [9.17, 15) is 4.79 Å². The Morgan fingerprint density at radius 3 is 3.08 bits per heavy atom. The minimum atomic E-state index is -0.193. The van der Waals surface area contributed by atoms with E-state index in [0.717, 1.165) is 42.4 Å². The fourth-order valence-corrected chi connectivity index (χ4v) is 4.41. The molecule has 0 bridgehead atoms. The zero-order chi connectivity index (χ0) is 17.6. The summed E-state index contributed by atoms with van der Waals surface area (Å²) < 4.78 is 5.44. The lowest BCUT2D eigenvalue weighted by Gasteiger charge is -2.32. The summed E-state index contributed by atoms with van der Waals surface area (Å²) in [6.45, 7) is 3.06. The van der Waals surface area contributed by atoms with Gasteiger partial charge in [0.1, 0.15) is 10.8 Å². The summed E-state index contributed by atoms with van der Waals surface area (Å²) >= 11 is 1.72. The van der Waals surface area contributed by atoms with Crippen LogP contribution in [0.2, 0.25) is 0 Å². The number of nitrogens with two attached hydrogens (primary N) is 1. The van der Waals surface area contributed by atoms with Gasteiger partial charge in [0.25, 0.3) is 0 Å². The van der Waals surface area contributed by atoms with Gasteiger partial charge in [0.2, 0.25) is 5.91 Å². The third kappa shape index (κ3) is 4.80. The van der Waals surface area contributed by atoms with Crippen molar-refractivity contribution < 1.29 is 9.53 Å². The predicted molar refractivity (Wildman–Crippen MR) is 101 cm³/mol. The first-order valence-corrected chi connectivity index (χ1v) is 9.56. The standard InChI is InChI=1S/C19H25N3O2S/c1-24-17-7-3-2-6-16(17)19-21-11-15(25-19)13-22-10-4-5-14(12-22)8-9-18(20)23/h2-3,6-7,11,14H,4-5,8-10,12-13H2,1H3,(H2,20,23)/t14-/m0/s1. The number of benzene rings is 1. The van der Waals surface area contributed by atoms with Gasteiger partial charge in [0, 0.05) is 30.6 Å². The molecule has 1 aromatic carbocycles. The van der Waals surface area contributed by atoms with Crippen LogP contribution >= 0.6 is 11.3 Å². The van der Waals surface area contributed by atoms with Gasteiger partial charge >= 0.3 is 0 Å². The Labute approximate surface area is 152 Å². The van der Waals surface area contributed by atoms with Gasteiger partial charge in [-0.1, -0.05) is 12.1 Å². The molecule has 25 heavy (non-hydrogen) atoms. The van der Waals surface area contributed by atoms with Crippen LogP contribution in [0.15, 0.2) is 30.5 Å². The van der Waals surface area contributed by atoms with E-state index in [-0.39, 0.29) is 5.91 Å².